The summed E-state index contributed by atoms with van der Waals surface area (Å²) in [5.41, 5.74) is 4.04. The van der Waals surface area contributed by atoms with Gasteiger partial charge < -0.3 is 9.84 Å². The number of amides is 1. The normalized spacial score (nSPS) is 10.9. The molecule has 0 unspecified atom stereocenters. The molecule has 0 bridgehead atoms. The third kappa shape index (κ3) is 4.02. The number of nitrogens with one attached hydrogen (secondary N) is 1. The standard InChI is InChI=1S/C20H17ClN6O2/c1-12-7-8-19(13(2)23-12)27-11-18(24-26-27)20(28)22-10-14-9-17(25-29-14)15-5-3-4-6-16(15)21/h3-9,11H,10H2,1-2H3,(H,22,28). The maximum absolute atomic E-state index is 12.4. The van der Waals surface area contributed by atoms with Crippen LogP contribution in [-0.2, 0) is 6.54 Å². The second kappa shape index (κ2) is 7.84. The molecule has 0 aliphatic carbocycles. The van der Waals surface area contributed by atoms with E-state index in [9.17, 15) is 4.79 Å². The van der Waals surface area contributed by atoms with Crippen molar-refractivity contribution < 1.29 is 9.32 Å². The summed E-state index contributed by atoms with van der Waals surface area (Å²) in [6.45, 7) is 3.95. The second-order valence-corrected chi connectivity index (χ2v) is 6.85. The molecular weight excluding hydrogens is 392 g/mol. The highest BCUT2D eigenvalue weighted by Gasteiger charge is 2.15. The van der Waals surface area contributed by atoms with Crippen LogP contribution in [0.25, 0.3) is 16.9 Å². The molecule has 0 atom stereocenters. The molecule has 3 aromatic heterocycles. The fraction of sp³-hybridized carbons (Fsp3) is 0.150. The number of hydrogen-bond acceptors (Lipinski definition) is 6. The summed E-state index contributed by atoms with van der Waals surface area (Å²) in [7, 11) is 0. The molecule has 146 valence electrons. The maximum atomic E-state index is 12.4. The van der Waals surface area contributed by atoms with Gasteiger partial charge in [-0.3, -0.25) is 9.78 Å². The number of halogens is 1. The van der Waals surface area contributed by atoms with Crippen molar-refractivity contribution in [1.82, 2.24) is 30.5 Å². The van der Waals surface area contributed by atoms with Gasteiger partial charge in [-0.2, -0.15) is 0 Å². The SMILES string of the molecule is Cc1ccc(-n2cc(C(=O)NCc3cc(-c4ccccc4Cl)no3)nn2)c(C)n1. The number of pyridine rings is 1. The van der Waals surface area contributed by atoms with Crippen LogP contribution in [0.1, 0.15) is 27.6 Å². The average molecular weight is 409 g/mol. The molecule has 9 heteroatoms. The van der Waals surface area contributed by atoms with E-state index in [0.29, 0.717) is 16.5 Å². The third-order valence-electron chi connectivity index (χ3n) is 4.30. The van der Waals surface area contributed by atoms with Crippen molar-refractivity contribution in [3.05, 3.63) is 76.5 Å². The third-order valence-corrected chi connectivity index (χ3v) is 4.63. The lowest BCUT2D eigenvalue weighted by Gasteiger charge is -2.04. The smallest absolute Gasteiger partial charge is 0.273 e. The minimum Gasteiger partial charge on any atom is -0.359 e. The molecule has 0 spiro atoms. The quantitative estimate of drug-likeness (QED) is 0.542. The summed E-state index contributed by atoms with van der Waals surface area (Å²) in [6, 6.07) is 12.8. The summed E-state index contributed by atoms with van der Waals surface area (Å²) in [5.74, 6) is 0.129. The number of benzene rings is 1. The van der Waals surface area contributed by atoms with Crippen LogP contribution in [-0.4, -0.2) is 31.0 Å². The molecule has 0 saturated carbocycles. The highest BCUT2D eigenvalue weighted by atomic mass is 35.5. The molecule has 1 N–H and O–H groups in total. The van der Waals surface area contributed by atoms with Crippen molar-refractivity contribution >= 4 is 17.5 Å². The fourth-order valence-corrected chi connectivity index (χ4v) is 3.09. The molecule has 8 nitrogen and oxygen atoms in total. The molecule has 4 aromatic rings. The Labute approximate surface area is 171 Å². The molecule has 4 rings (SSSR count). The van der Waals surface area contributed by atoms with Gasteiger partial charge in [0.2, 0.25) is 0 Å². The van der Waals surface area contributed by atoms with Gasteiger partial charge >= 0.3 is 0 Å². The molecule has 0 aliphatic heterocycles. The van der Waals surface area contributed by atoms with Crippen LogP contribution in [0, 0.1) is 13.8 Å². The molecular formula is C20H17ClN6O2. The van der Waals surface area contributed by atoms with E-state index in [2.05, 4.69) is 25.8 Å². The highest BCUT2D eigenvalue weighted by Crippen LogP contribution is 2.26. The Bertz CT molecular complexity index is 1180. The molecule has 29 heavy (non-hydrogen) atoms. The van der Waals surface area contributed by atoms with Crippen LogP contribution in [0.4, 0.5) is 0 Å². The summed E-state index contributed by atoms with van der Waals surface area (Å²) >= 11 is 6.17. The van der Waals surface area contributed by atoms with Gasteiger partial charge in [0.05, 0.1) is 29.1 Å². The summed E-state index contributed by atoms with van der Waals surface area (Å²) in [6.07, 6.45) is 1.56. The Kier molecular flexibility index (Phi) is 5.09. The minimum atomic E-state index is -0.371. The van der Waals surface area contributed by atoms with E-state index >= 15 is 0 Å². The lowest BCUT2D eigenvalue weighted by atomic mass is 10.1. The summed E-state index contributed by atoms with van der Waals surface area (Å²) in [4.78, 5) is 16.8. The van der Waals surface area contributed by atoms with Crippen LogP contribution in [0.3, 0.4) is 0 Å². The van der Waals surface area contributed by atoms with E-state index in [4.69, 9.17) is 16.1 Å². The van der Waals surface area contributed by atoms with Crippen LogP contribution >= 0.6 is 11.6 Å². The number of rotatable bonds is 5. The topological polar surface area (TPSA) is 98.7 Å². The Morgan fingerprint density at radius 3 is 2.83 bits per heavy atom. The number of aryl methyl sites for hydroxylation is 2. The van der Waals surface area contributed by atoms with Crippen LogP contribution in [0.2, 0.25) is 5.02 Å². The Hall–Kier alpha value is -3.52. The van der Waals surface area contributed by atoms with Gasteiger partial charge in [-0.15, -0.1) is 5.10 Å². The molecule has 1 aromatic carbocycles. The molecule has 0 fully saturated rings. The largest absolute Gasteiger partial charge is 0.359 e. The molecule has 3 heterocycles. The zero-order valence-corrected chi connectivity index (χ0v) is 16.5. The lowest BCUT2D eigenvalue weighted by molar-refractivity contribution is 0.0942. The monoisotopic (exact) mass is 408 g/mol. The Balaban J connectivity index is 1.43. The number of carbonyl (C=O) groups is 1. The van der Waals surface area contributed by atoms with Crippen molar-refractivity contribution in [2.75, 3.05) is 0 Å². The molecule has 0 aliphatic rings. The molecule has 0 saturated heterocycles. The van der Waals surface area contributed by atoms with E-state index < -0.39 is 0 Å². The lowest BCUT2D eigenvalue weighted by Crippen LogP contribution is -2.22. The number of hydrogen-bond donors (Lipinski definition) is 1. The van der Waals surface area contributed by atoms with Crippen LogP contribution in [0.15, 0.2) is 53.2 Å². The summed E-state index contributed by atoms with van der Waals surface area (Å²) in [5, 5.41) is 15.3. The first-order valence-electron chi connectivity index (χ1n) is 8.87. The predicted octanol–water partition coefficient (Wildman–Crippen LogP) is 3.52. The number of nitrogens with zero attached hydrogens (tertiary/aromatic N) is 5. The van der Waals surface area contributed by atoms with Gasteiger partial charge in [0.25, 0.3) is 5.91 Å². The first-order valence-corrected chi connectivity index (χ1v) is 9.25. The first-order chi connectivity index (χ1) is 14.0. The number of carbonyl (C=O) groups excluding carboxylic acids is 1. The van der Waals surface area contributed by atoms with Gasteiger partial charge in [-0.1, -0.05) is 40.2 Å². The number of aromatic nitrogens is 5. The van der Waals surface area contributed by atoms with Gasteiger partial charge in [-0.25, -0.2) is 4.68 Å². The molecule has 0 radical (unpaired) electrons. The van der Waals surface area contributed by atoms with Gasteiger partial charge in [-0.05, 0) is 32.0 Å². The zero-order chi connectivity index (χ0) is 20.4. The van der Waals surface area contributed by atoms with Crippen molar-refractivity contribution in [1.29, 1.82) is 0 Å². The summed E-state index contributed by atoms with van der Waals surface area (Å²) < 4.78 is 6.82. The maximum Gasteiger partial charge on any atom is 0.273 e. The van der Waals surface area contributed by atoms with Crippen LogP contribution < -0.4 is 5.32 Å². The molecule has 1 amide bonds. The fourth-order valence-electron chi connectivity index (χ4n) is 2.86. The van der Waals surface area contributed by atoms with Crippen molar-refractivity contribution in [2.45, 2.75) is 20.4 Å². The Morgan fingerprint density at radius 1 is 1.21 bits per heavy atom. The van der Waals surface area contributed by atoms with E-state index in [1.165, 1.54) is 4.68 Å². The van der Waals surface area contributed by atoms with E-state index in [-0.39, 0.29) is 18.1 Å². The van der Waals surface area contributed by atoms with Crippen molar-refractivity contribution in [2.24, 2.45) is 0 Å². The van der Waals surface area contributed by atoms with Gasteiger partial charge in [0.15, 0.2) is 11.5 Å². The predicted molar refractivity (Wildman–Crippen MR) is 107 cm³/mol. The van der Waals surface area contributed by atoms with Crippen LogP contribution in [0.5, 0.6) is 0 Å². The minimum absolute atomic E-state index is 0.161. The van der Waals surface area contributed by atoms with Gasteiger partial charge in [0.1, 0.15) is 5.69 Å². The van der Waals surface area contributed by atoms with Gasteiger partial charge in [0, 0.05) is 17.3 Å². The van der Waals surface area contributed by atoms with Crippen molar-refractivity contribution in [3.8, 4) is 16.9 Å². The average Bonchev–Trinajstić information content (AvgIpc) is 3.36. The first kappa shape index (κ1) is 18.8. The highest BCUT2D eigenvalue weighted by molar-refractivity contribution is 6.33. The van der Waals surface area contributed by atoms with E-state index in [1.54, 1.807) is 18.3 Å². The Morgan fingerprint density at radius 2 is 2.03 bits per heavy atom. The zero-order valence-electron chi connectivity index (χ0n) is 15.8. The van der Waals surface area contributed by atoms with E-state index in [0.717, 1.165) is 22.6 Å². The van der Waals surface area contributed by atoms with E-state index in [1.807, 2.05) is 44.2 Å². The second-order valence-electron chi connectivity index (χ2n) is 6.45. The van der Waals surface area contributed by atoms with Crippen molar-refractivity contribution in [3.63, 3.8) is 0 Å².